The van der Waals surface area contributed by atoms with Crippen LogP contribution < -0.4 is 0 Å². The number of hydrogen-bond donors (Lipinski definition) is 0. The minimum Gasteiger partial charge on any atom is -0.309 e. The standard InChI is InChI=1S/C68H50N4/c1-43-33-44(2)36-52(35-43)49-27-30-65-57(39-49)54-21-11-14-24-62(54)71(65)63-25-15-13-23-56(63)59-41-51(68-69-60(47-17-7-5-8-18-47)42-61(70-68)48-19-9-6-10-20-48)29-32-67(59)72-64-26-16-12-22-55(64)58-40-50(28-31-66(58)72)53-37-45(3)34-46(4)38-53/h5-42H,1-4H3. The van der Waals surface area contributed by atoms with Crippen LogP contribution in [0.4, 0.5) is 0 Å². The number of para-hydroxylation sites is 3. The summed E-state index contributed by atoms with van der Waals surface area (Å²) in [4.78, 5) is 10.7. The van der Waals surface area contributed by atoms with Crippen molar-refractivity contribution in [3.63, 3.8) is 0 Å². The lowest BCUT2D eigenvalue weighted by molar-refractivity contribution is 1.15. The summed E-state index contributed by atoms with van der Waals surface area (Å²) in [5.41, 5.74) is 23.6. The molecule has 4 heteroatoms. The molecule has 0 aliphatic heterocycles. The fourth-order valence-corrected chi connectivity index (χ4v) is 11.2. The van der Waals surface area contributed by atoms with E-state index in [0.29, 0.717) is 5.82 Å². The van der Waals surface area contributed by atoms with E-state index in [2.05, 4.69) is 255 Å². The molecule has 0 saturated carbocycles. The quantitative estimate of drug-likeness (QED) is 0.152. The molecule has 4 nitrogen and oxygen atoms in total. The number of fused-ring (bicyclic) bond motifs is 6. The van der Waals surface area contributed by atoms with Gasteiger partial charge >= 0.3 is 0 Å². The van der Waals surface area contributed by atoms with Crippen LogP contribution in [0.5, 0.6) is 0 Å². The Labute approximate surface area is 419 Å². The van der Waals surface area contributed by atoms with Crippen LogP contribution in [0.3, 0.4) is 0 Å². The zero-order valence-corrected chi connectivity index (χ0v) is 40.7. The van der Waals surface area contributed by atoms with Crippen LogP contribution in [0, 0.1) is 27.7 Å². The zero-order valence-electron chi connectivity index (χ0n) is 40.7. The first-order valence-corrected chi connectivity index (χ1v) is 24.8. The van der Waals surface area contributed by atoms with E-state index >= 15 is 0 Å². The predicted octanol–water partition coefficient (Wildman–Crippen LogP) is 17.9. The minimum absolute atomic E-state index is 0.663. The summed E-state index contributed by atoms with van der Waals surface area (Å²) in [5.74, 6) is 0.663. The van der Waals surface area contributed by atoms with Gasteiger partial charge in [-0.25, -0.2) is 9.97 Å². The maximum atomic E-state index is 5.35. The highest BCUT2D eigenvalue weighted by molar-refractivity contribution is 6.13. The number of aromatic nitrogens is 4. The van der Waals surface area contributed by atoms with Crippen LogP contribution >= 0.6 is 0 Å². The van der Waals surface area contributed by atoms with Gasteiger partial charge < -0.3 is 9.13 Å². The molecule has 0 N–H and O–H groups in total. The first-order chi connectivity index (χ1) is 35.3. The Morgan fingerprint density at radius 2 is 0.681 bits per heavy atom. The summed E-state index contributed by atoms with van der Waals surface area (Å²) in [6.45, 7) is 8.72. The van der Waals surface area contributed by atoms with Gasteiger partial charge in [0.15, 0.2) is 5.82 Å². The Morgan fingerprint density at radius 1 is 0.264 bits per heavy atom. The fourth-order valence-electron chi connectivity index (χ4n) is 11.2. The molecule has 0 aliphatic rings. The van der Waals surface area contributed by atoms with Crippen molar-refractivity contribution in [2.45, 2.75) is 27.7 Å². The van der Waals surface area contributed by atoms with Gasteiger partial charge in [-0.3, -0.25) is 0 Å². The topological polar surface area (TPSA) is 35.6 Å². The van der Waals surface area contributed by atoms with Gasteiger partial charge in [-0.1, -0.05) is 186 Å². The van der Waals surface area contributed by atoms with Crippen molar-refractivity contribution in [3.8, 4) is 78.7 Å². The molecule has 0 atom stereocenters. The van der Waals surface area contributed by atoms with Gasteiger partial charge in [0.1, 0.15) is 0 Å². The normalized spacial score (nSPS) is 11.6. The predicted molar refractivity (Wildman–Crippen MR) is 302 cm³/mol. The highest BCUT2D eigenvalue weighted by atomic mass is 15.0. The van der Waals surface area contributed by atoms with Gasteiger partial charge in [-0.15, -0.1) is 0 Å². The third kappa shape index (κ3) is 7.48. The van der Waals surface area contributed by atoms with E-state index in [1.54, 1.807) is 0 Å². The molecule has 0 spiro atoms. The smallest absolute Gasteiger partial charge is 0.160 e. The van der Waals surface area contributed by atoms with Crippen molar-refractivity contribution in [1.29, 1.82) is 0 Å². The van der Waals surface area contributed by atoms with E-state index < -0.39 is 0 Å². The van der Waals surface area contributed by atoms with E-state index in [4.69, 9.17) is 9.97 Å². The third-order valence-electron chi connectivity index (χ3n) is 14.3. The second kappa shape index (κ2) is 17.4. The van der Waals surface area contributed by atoms with Gasteiger partial charge in [0.25, 0.3) is 0 Å². The summed E-state index contributed by atoms with van der Waals surface area (Å²) in [6, 6.07) is 83.9. The molecular weight excluding hydrogens is 873 g/mol. The first kappa shape index (κ1) is 42.9. The van der Waals surface area contributed by atoms with E-state index in [1.807, 2.05) is 12.1 Å². The second-order valence-corrected chi connectivity index (χ2v) is 19.4. The van der Waals surface area contributed by atoms with E-state index in [-0.39, 0.29) is 0 Å². The summed E-state index contributed by atoms with van der Waals surface area (Å²) in [7, 11) is 0. The maximum Gasteiger partial charge on any atom is 0.160 e. The van der Waals surface area contributed by atoms with Crippen molar-refractivity contribution in [2.24, 2.45) is 0 Å². The van der Waals surface area contributed by atoms with Crippen molar-refractivity contribution in [1.82, 2.24) is 19.1 Å². The summed E-state index contributed by atoms with van der Waals surface area (Å²) in [6.07, 6.45) is 0. The molecule has 0 fully saturated rings. The average Bonchev–Trinajstić information content (AvgIpc) is 3.92. The highest BCUT2D eigenvalue weighted by Crippen LogP contribution is 2.44. The third-order valence-corrected chi connectivity index (χ3v) is 14.3. The largest absolute Gasteiger partial charge is 0.309 e. The number of rotatable bonds is 8. The zero-order chi connectivity index (χ0) is 48.5. The van der Waals surface area contributed by atoms with Crippen LogP contribution in [0.25, 0.3) is 122 Å². The van der Waals surface area contributed by atoms with E-state index in [0.717, 1.165) is 72.6 Å². The fraction of sp³-hybridized carbons (Fsp3) is 0.0588. The Kier molecular flexibility index (Phi) is 10.4. The lowest BCUT2D eigenvalue weighted by atomic mass is 9.97. The minimum atomic E-state index is 0.663. The van der Waals surface area contributed by atoms with Crippen LogP contribution in [-0.4, -0.2) is 19.1 Å². The Balaban J connectivity index is 1.08. The van der Waals surface area contributed by atoms with Gasteiger partial charge in [0.2, 0.25) is 0 Å². The van der Waals surface area contributed by atoms with Gasteiger partial charge in [-0.2, -0.15) is 0 Å². The van der Waals surface area contributed by atoms with Crippen LogP contribution in [0.1, 0.15) is 22.3 Å². The molecular formula is C68H50N4. The molecule has 3 heterocycles. The Morgan fingerprint density at radius 3 is 1.19 bits per heavy atom. The van der Waals surface area contributed by atoms with Gasteiger partial charge in [0, 0.05) is 49.4 Å². The lowest BCUT2D eigenvalue weighted by Crippen LogP contribution is -2.03. The molecule has 72 heavy (non-hydrogen) atoms. The summed E-state index contributed by atoms with van der Waals surface area (Å²) in [5, 5.41) is 4.84. The molecule has 0 unspecified atom stereocenters. The molecule has 10 aromatic carbocycles. The molecule has 13 rings (SSSR count). The van der Waals surface area contributed by atoms with Crippen LogP contribution in [0.2, 0.25) is 0 Å². The van der Waals surface area contributed by atoms with E-state index in [1.165, 1.54) is 66.1 Å². The van der Waals surface area contributed by atoms with Crippen molar-refractivity contribution >= 4 is 43.6 Å². The Bertz CT molecular complexity index is 4150. The molecule has 0 radical (unpaired) electrons. The van der Waals surface area contributed by atoms with Crippen molar-refractivity contribution in [2.75, 3.05) is 0 Å². The number of hydrogen-bond acceptors (Lipinski definition) is 2. The SMILES string of the molecule is Cc1cc(C)cc(-c2ccc3c(c2)c2ccccc2n3-c2ccccc2-c2cc(-c3nc(-c4ccccc4)cc(-c4ccccc4)n3)ccc2-n2c3ccccc3c3cc(-c4cc(C)cc(C)c4)ccc32)c1. The van der Waals surface area contributed by atoms with E-state index in [9.17, 15) is 0 Å². The molecule has 0 saturated heterocycles. The number of aryl methyl sites for hydroxylation is 4. The number of benzene rings is 10. The maximum absolute atomic E-state index is 5.35. The molecule has 0 amide bonds. The van der Waals surface area contributed by atoms with Crippen molar-refractivity contribution < 1.29 is 0 Å². The molecule has 13 aromatic rings. The molecule has 0 bridgehead atoms. The molecule has 3 aromatic heterocycles. The molecule has 342 valence electrons. The van der Waals surface area contributed by atoms with Gasteiger partial charge in [-0.05, 0) is 117 Å². The number of nitrogens with zero attached hydrogens (tertiary/aromatic N) is 4. The average molecular weight is 923 g/mol. The van der Waals surface area contributed by atoms with Crippen LogP contribution in [-0.2, 0) is 0 Å². The van der Waals surface area contributed by atoms with Crippen LogP contribution in [0.15, 0.2) is 231 Å². The van der Waals surface area contributed by atoms with Crippen molar-refractivity contribution in [3.05, 3.63) is 253 Å². The lowest BCUT2D eigenvalue weighted by Gasteiger charge is -2.20. The monoisotopic (exact) mass is 922 g/mol. The molecule has 0 aliphatic carbocycles. The van der Waals surface area contributed by atoms with Gasteiger partial charge in [0.05, 0.1) is 44.8 Å². The second-order valence-electron chi connectivity index (χ2n) is 19.4. The Hall–Kier alpha value is -9.12. The summed E-state index contributed by atoms with van der Waals surface area (Å²) < 4.78 is 4.92. The first-order valence-electron chi connectivity index (χ1n) is 24.8. The highest BCUT2D eigenvalue weighted by Gasteiger charge is 2.23. The summed E-state index contributed by atoms with van der Waals surface area (Å²) >= 11 is 0.